The van der Waals surface area contributed by atoms with Crippen LogP contribution in [0.5, 0.6) is 0 Å². The highest BCUT2D eigenvalue weighted by Crippen LogP contribution is 2.20. The number of aliphatic hydroxyl groups is 1. The van der Waals surface area contributed by atoms with Gasteiger partial charge >= 0.3 is 0 Å². The zero-order valence-electron chi connectivity index (χ0n) is 14.0. The molecular weight excluding hydrogens is 294 g/mol. The van der Waals surface area contributed by atoms with E-state index in [1.807, 2.05) is 13.8 Å². The maximum Gasteiger partial charge on any atom is 0.251 e. The Balaban J connectivity index is 2.08. The van der Waals surface area contributed by atoms with Gasteiger partial charge in [0.15, 0.2) is 0 Å². The normalized spacial score (nSPS) is 15.0. The third-order valence-corrected chi connectivity index (χ3v) is 4.18. The average molecular weight is 317 g/mol. The van der Waals surface area contributed by atoms with Crippen LogP contribution in [-0.4, -0.2) is 33.4 Å². The summed E-state index contributed by atoms with van der Waals surface area (Å²) >= 11 is 0. The van der Waals surface area contributed by atoms with Crippen molar-refractivity contribution in [2.45, 2.75) is 39.7 Å². The van der Waals surface area contributed by atoms with Gasteiger partial charge in [0.25, 0.3) is 5.91 Å². The first-order valence-electron chi connectivity index (χ1n) is 7.74. The van der Waals surface area contributed by atoms with Crippen LogP contribution in [0.4, 0.5) is 0 Å². The van der Waals surface area contributed by atoms with Crippen LogP contribution >= 0.6 is 0 Å². The minimum Gasteiger partial charge on any atom is -0.421 e. The van der Waals surface area contributed by atoms with Crippen LogP contribution in [0.2, 0.25) is 0 Å². The van der Waals surface area contributed by atoms with E-state index in [0.29, 0.717) is 22.9 Å². The van der Waals surface area contributed by atoms with E-state index in [2.05, 4.69) is 15.5 Å². The van der Waals surface area contributed by atoms with E-state index in [-0.39, 0.29) is 18.4 Å². The Kier molecular flexibility index (Phi) is 5.15. The predicted octanol–water partition coefficient (Wildman–Crippen LogP) is 2.57. The van der Waals surface area contributed by atoms with Crippen LogP contribution in [0.1, 0.15) is 43.4 Å². The van der Waals surface area contributed by atoms with Gasteiger partial charge in [-0.25, -0.2) is 0 Å². The van der Waals surface area contributed by atoms with Crippen molar-refractivity contribution >= 4 is 5.91 Å². The Labute approximate surface area is 135 Å². The fraction of sp³-hybridized carbons (Fsp3) is 0.471. The molecule has 23 heavy (non-hydrogen) atoms. The summed E-state index contributed by atoms with van der Waals surface area (Å²) in [5.41, 5.74) is 0.233. The molecule has 0 unspecified atom stereocenters. The summed E-state index contributed by atoms with van der Waals surface area (Å²) in [4.78, 5) is 12.3. The van der Waals surface area contributed by atoms with Crippen molar-refractivity contribution in [3.05, 3.63) is 35.7 Å². The maximum absolute atomic E-state index is 12.3. The first kappa shape index (κ1) is 17.1. The first-order chi connectivity index (χ1) is 10.8. The van der Waals surface area contributed by atoms with Crippen LogP contribution in [0, 0.1) is 12.8 Å². The van der Waals surface area contributed by atoms with Gasteiger partial charge in [0.05, 0.1) is 5.60 Å². The topological polar surface area (TPSA) is 88.2 Å². The van der Waals surface area contributed by atoms with Crippen LogP contribution in [0.15, 0.2) is 28.7 Å². The molecule has 1 heterocycles. The van der Waals surface area contributed by atoms with E-state index in [9.17, 15) is 9.90 Å². The number of benzene rings is 1. The Morgan fingerprint density at radius 3 is 2.78 bits per heavy atom. The third kappa shape index (κ3) is 4.16. The van der Waals surface area contributed by atoms with Gasteiger partial charge in [0, 0.05) is 24.6 Å². The molecule has 1 aromatic heterocycles. The molecule has 1 aromatic carbocycles. The summed E-state index contributed by atoms with van der Waals surface area (Å²) < 4.78 is 5.37. The molecule has 0 fully saturated rings. The molecule has 2 rings (SSSR count). The summed E-state index contributed by atoms with van der Waals surface area (Å²) in [7, 11) is 0. The molecule has 6 heteroatoms. The molecule has 2 N–H and O–H groups in total. The second-order valence-electron chi connectivity index (χ2n) is 6.06. The number of aryl methyl sites for hydroxylation is 1. The van der Waals surface area contributed by atoms with Gasteiger partial charge in [0.1, 0.15) is 0 Å². The second-order valence-corrected chi connectivity index (χ2v) is 6.06. The largest absolute Gasteiger partial charge is 0.421 e. The van der Waals surface area contributed by atoms with Gasteiger partial charge in [-0.1, -0.05) is 26.3 Å². The van der Waals surface area contributed by atoms with E-state index >= 15 is 0 Å². The maximum atomic E-state index is 12.3. The SMILES string of the molecule is CC[C@@H](C)[C@@](C)(O)CNC(=O)c1cccc(-c2nnc(C)o2)c1. The second kappa shape index (κ2) is 6.91. The molecule has 0 radical (unpaired) electrons. The van der Waals surface area contributed by atoms with Crippen molar-refractivity contribution < 1.29 is 14.3 Å². The fourth-order valence-corrected chi connectivity index (χ4v) is 2.18. The number of hydrogen-bond donors (Lipinski definition) is 2. The lowest BCUT2D eigenvalue weighted by Gasteiger charge is -2.29. The van der Waals surface area contributed by atoms with Gasteiger partial charge in [-0.15, -0.1) is 10.2 Å². The Morgan fingerprint density at radius 2 is 2.17 bits per heavy atom. The summed E-state index contributed by atoms with van der Waals surface area (Å²) in [6.07, 6.45) is 0.842. The van der Waals surface area contributed by atoms with Crippen molar-refractivity contribution in [1.29, 1.82) is 0 Å². The zero-order valence-corrected chi connectivity index (χ0v) is 14.0. The van der Waals surface area contributed by atoms with Crippen molar-refractivity contribution in [2.24, 2.45) is 5.92 Å². The number of carbonyl (C=O) groups is 1. The van der Waals surface area contributed by atoms with Crippen molar-refractivity contribution in [3.63, 3.8) is 0 Å². The summed E-state index contributed by atoms with van der Waals surface area (Å²) in [6.45, 7) is 7.62. The van der Waals surface area contributed by atoms with E-state index in [4.69, 9.17) is 4.42 Å². The van der Waals surface area contributed by atoms with Crippen LogP contribution in [0.3, 0.4) is 0 Å². The molecule has 0 saturated heterocycles. The number of carbonyl (C=O) groups excluding carboxylic acids is 1. The van der Waals surface area contributed by atoms with Crippen molar-refractivity contribution in [3.8, 4) is 11.5 Å². The number of nitrogens with zero attached hydrogens (tertiary/aromatic N) is 2. The summed E-state index contributed by atoms with van der Waals surface area (Å²) in [6, 6.07) is 6.97. The van der Waals surface area contributed by atoms with E-state index < -0.39 is 5.60 Å². The zero-order chi connectivity index (χ0) is 17.0. The standard InChI is InChI=1S/C17H23N3O3/c1-5-11(2)17(4,22)10-18-15(21)13-7-6-8-14(9-13)16-20-19-12(3)23-16/h6-9,11,22H,5,10H2,1-4H3,(H,18,21)/t11-,17+/m1/s1. The average Bonchev–Trinajstić information content (AvgIpc) is 2.98. The molecule has 0 saturated carbocycles. The highest BCUT2D eigenvalue weighted by atomic mass is 16.4. The first-order valence-corrected chi connectivity index (χ1v) is 7.74. The molecule has 2 aromatic rings. The number of hydrogen-bond acceptors (Lipinski definition) is 5. The summed E-state index contributed by atoms with van der Waals surface area (Å²) in [5, 5.41) is 20.9. The van der Waals surface area contributed by atoms with Crippen molar-refractivity contribution in [1.82, 2.24) is 15.5 Å². The highest BCUT2D eigenvalue weighted by Gasteiger charge is 2.27. The molecule has 0 aliphatic rings. The van der Waals surface area contributed by atoms with E-state index in [0.717, 1.165) is 6.42 Å². The number of rotatable bonds is 6. The van der Waals surface area contributed by atoms with Gasteiger partial charge in [-0.05, 0) is 31.0 Å². The Hall–Kier alpha value is -2.21. The van der Waals surface area contributed by atoms with E-state index in [1.54, 1.807) is 38.1 Å². The van der Waals surface area contributed by atoms with Gasteiger partial charge in [-0.3, -0.25) is 4.79 Å². The third-order valence-electron chi connectivity index (χ3n) is 4.18. The molecule has 0 bridgehead atoms. The number of aromatic nitrogens is 2. The Bertz CT molecular complexity index is 679. The Morgan fingerprint density at radius 1 is 1.43 bits per heavy atom. The van der Waals surface area contributed by atoms with Crippen LogP contribution < -0.4 is 5.32 Å². The van der Waals surface area contributed by atoms with Gasteiger partial charge in [0.2, 0.25) is 11.8 Å². The highest BCUT2D eigenvalue weighted by molar-refractivity contribution is 5.95. The molecule has 6 nitrogen and oxygen atoms in total. The van der Waals surface area contributed by atoms with Crippen LogP contribution in [-0.2, 0) is 0 Å². The molecule has 0 aliphatic heterocycles. The molecule has 0 spiro atoms. The van der Waals surface area contributed by atoms with Crippen LogP contribution in [0.25, 0.3) is 11.5 Å². The predicted molar refractivity (Wildman–Crippen MR) is 86.9 cm³/mol. The lowest BCUT2D eigenvalue weighted by Crippen LogP contribution is -2.45. The molecule has 0 aliphatic carbocycles. The van der Waals surface area contributed by atoms with Crippen molar-refractivity contribution in [2.75, 3.05) is 6.54 Å². The number of amides is 1. The molecule has 2 atom stereocenters. The molecule has 1 amide bonds. The van der Waals surface area contributed by atoms with Gasteiger partial charge < -0.3 is 14.8 Å². The monoisotopic (exact) mass is 317 g/mol. The summed E-state index contributed by atoms with van der Waals surface area (Å²) in [5.74, 6) is 0.699. The number of nitrogens with one attached hydrogen (secondary N) is 1. The lowest BCUT2D eigenvalue weighted by molar-refractivity contribution is 0.00593. The minimum atomic E-state index is -0.939. The fourth-order valence-electron chi connectivity index (χ4n) is 2.18. The quantitative estimate of drug-likeness (QED) is 0.855. The lowest BCUT2D eigenvalue weighted by atomic mass is 9.88. The smallest absolute Gasteiger partial charge is 0.251 e. The molecule has 124 valence electrons. The molecular formula is C17H23N3O3. The van der Waals surface area contributed by atoms with E-state index in [1.165, 1.54) is 0 Å². The minimum absolute atomic E-state index is 0.0931. The van der Waals surface area contributed by atoms with Gasteiger partial charge in [-0.2, -0.15) is 0 Å².